The maximum Gasteiger partial charge on any atom is 0.263 e. The first-order valence-corrected chi connectivity index (χ1v) is 13.7. The van der Waals surface area contributed by atoms with E-state index in [0.717, 1.165) is 63.0 Å². The average molecular weight is 538 g/mol. The molecule has 210 valence electrons. The molecule has 11 nitrogen and oxygen atoms in total. The van der Waals surface area contributed by atoms with E-state index in [4.69, 9.17) is 30.0 Å². The van der Waals surface area contributed by atoms with Crippen LogP contribution in [0.2, 0.25) is 0 Å². The number of hydrogen-bond acceptors (Lipinski definition) is 10. The second-order valence-corrected chi connectivity index (χ2v) is 10.3. The van der Waals surface area contributed by atoms with Crippen molar-refractivity contribution in [2.24, 2.45) is 0 Å². The molecule has 4 heterocycles. The van der Waals surface area contributed by atoms with Gasteiger partial charge in [-0.25, -0.2) is 9.97 Å². The van der Waals surface area contributed by atoms with Crippen LogP contribution in [0.3, 0.4) is 0 Å². The molecule has 3 N–H and O–H groups in total. The van der Waals surface area contributed by atoms with Crippen molar-refractivity contribution in [2.45, 2.75) is 38.6 Å². The molecule has 0 bridgehead atoms. The van der Waals surface area contributed by atoms with Gasteiger partial charge in [-0.3, -0.25) is 4.68 Å². The Morgan fingerprint density at radius 2 is 1.92 bits per heavy atom. The SMILES string of the molecule is Cc1cc(-c2cnc(N)c(Oc3cnn(C4CCN(C)CC4)c3)n2)cc(CCCOCO)c1N1CCOCC1. The maximum atomic E-state index is 9.00. The summed E-state index contributed by atoms with van der Waals surface area (Å²) < 4.78 is 18.8. The van der Waals surface area contributed by atoms with Gasteiger partial charge >= 0.3 is 0 Å². The molecule has 2 aliphatic rings. The summed E-state index contributed by atoms with van der Waals surface area (Å²) in [5.41, 5.74) is 11.4. The Labute approximate surface area is 229 Å². The molecule has 5 rings (SSSR count). The number of nitrogens with zero attached hydrogens (tertiary/aromatic N) is 6. The Bertz CT molecular complexity index is 1240. The van der Waals surface area contributed by atoms with Crippen LogP contribution in [0, 0.1) is 6.92 Å². The van der Waals surface area contributed by atoms with Crippen LogP contribution in [-0.4, -0.2) is 89.6 Å². The zero-order valence-corrected chi connectivity index (χ0v) is 22.9. The normalized spacial score (nSPS) is 17.1. The topological polar surface area (TPSA) is 124 Å². The van der Waals surface area contributed by atoms with Gasteiger partial charge in [0.15, 0.2) is 11.6 Å². The molecule has 39 heavy (non-hydrogen) atoms. The van der Waals surface area contributed by atoms with Gasteiger partial charge in [0.25, 0.3) is 5.88 Å². The molecule has 2 aliphatic heterocycles. The Morgan fingerprint density at radius 1 is 1.13 bits per heavy atom. The standard InChI is InChI=1S/C28H39N7O4/c1-20-14-22(15-21(4-3-11-38-19-36)26(20)34-9-12-37-13-10-34)25-17-30-27(29)28(32-25)39-24-16-31-35(18-24)23-5-7-33(2)8-6-23/h14-18,23,36H,3-13,19H2,1-2H3,(H2,29,30). The smallest absolute Gasteiger partial charge is 0.263 e. The highest BCUT2D eigenvalue weighted by atomic mass is 16.6. The summed E-state index contributed by atoms with van der Waals surface area (Å²) in [4.78, 5) is 13.9. The number of anilines is 2. The molecule has 0 aliphatic carbocycles. The van der Waals surface area contributed by atoms with E-state index in [9.17, 15) is 0 Å². The first kappa shape index (κ1) is 27.3. The lowest BCUT2D eigenvalue weighted by Gasteiger charge is -2.32. The molecule has 0 amide bonds. The van der Waals surface area contributed by atoms with Gasteiger partial charge in [-0.15, -0.1) is 0 Å². The first-order valence-electron chi connectivity index (χ1n) is 13.7. The van der Waals surface area contributed by atoms with E-state index in [2.05, 4.69) is 46.0 Å². The number of nitrogens with two attached hydrogens (primary N) is 1. The second-order valence-electron chi connectivity index (χ2n) is 10.3. The number of piperidine rings is 1. The molecule has 0 saturated carbocycles. The van der Waals surface area contributed by atoms with Crippen molar-refractivity contribution in [2.75, 3.05) is 70.5 Å². The largest absolute Gasteiger partial charge is 0.433 e. The van der Waals surface area contributed by atoms with Gasteiger partial charge in [0, 0.05) is 30.9 Å². The fraction of sp³-hybridized carbons (Fsp3) is 0.536. The number of aliphatic hydroxyl groups excluding tert-OH is 1. The summed E-state index contributed by atoms with van der Waals surface area (Å²) >= 11 is 0. The lowest BCUT2D eigenvalue weighted by molar-refractivity contribution is -0.00209. The average Bonchev–Trinajstić information content (AvgIpc) is 3.41. The van der Waals surface area contributed by atoms with Gasteiger partial charge in [0.1, 0.15) is 6.79 Å². The maximum absolute atomic E-state index is 9.00. The number of likely N-dealkylation sites (tertiary alicyclic amines) is 1. The van der Waals surface area contributed by atoms with E-state index in [-0.39, 0.29) is 18.5 Å². The van der Waals surface area contributed by atoms with Crippen LogP contribution in [0.15, 0.2) is 30.7 Å². The fourth-order valence-corrected chi connectivity index (χ4v) is 5.40. The van der Waals surface area contributed by atoms with Crippen molar-refractivity contribution in [1.82, 2.24) is 24.6 Å². The Morgan fingerprint density at radius 3 is 2.69 bits per heavy atom. The highest BCUT2D eigenvalue weighted by Crippen LogP contribution is 2.34. The number of morpholine rings is 1. The lowest BCUT2D eigenvalue weighted by atomic mass is 9.97. The molecule has 0 spiro atoms. The summed E-state index contributed by atoms with van der Waals surface area (Å²) in [5.74, 6) is 1.09. The molecule has 0 atom stereocenters. The highest BCUT2D eigenvalue weighted by Gasteiger charge is 2.21. The van der Waals surface area contributed by atoms with Crippen LogP contribution in [0.4, 0.5) is 11.5 Å². The third-order valence-electron chi connectivity index (χ3n) is 7.45. The van der Waals surface area contributed by atoms with E-state index in [1.54, 1.807) is 12.4 Å². The van der Waals surface area contributed by atoms with Gasteiger partial charge in [-0.2, -0.15) is 5.10 Å². The van der Waals surface area contributed by atoms with Crippen LogP contribution in [-0.2, 0) is 15.9 Å². The third-order valence-corrected chi connectivity index (χ3v) is 7.45. The quantitative estimate of drug-likeness (QED) is 0.295. The van der Waals surface area contributed by atoms with E-state index in [1.165, 1.54) is 11.3 Å². The van der Waals surface area contributed by atoms with Gasteiger partial charge in [-0.05, 0) is 76.0 Å². The van der Waals surface area contributed by atoms with E-state index >= 15 is 0 Å². The fourth-order valence-electron chi connectivity index (χ4n) is 5.40. The van der Waals surface area contributed by atoms with Crippen molar-refractivity contribution in [3.63, 3.8) is 0 Å². The molecule has 1 aromatic carbocycles. The van der Waals surface area contributed by atoms with E-state index < -0.39 is 0 Å². The van der Waals surface area contributed by atoms with Crippen molar-refractivity contribution in [1.29, 1.82) is 0 Å². The Hall–Kier alpha value is -3.25. The van der Waals surface area contributed by atoms with Crippen LogP contribution in [0.5, 0.6) is 11.6 Å². The predicted molar refractivity (Wildman–Crippen MR) is 149 cm³/mol. The van der Waals surface area contributed by atoms with Crippen LogP contribution >= 0.6 is 0 Å². The van der Waals surface area contributed by atoms with Crippen LogP contribution in [0.25, 0.3) is 11.3 Å². The molecule has 2 saturated heterocycles. The number of aromatic nitrogens is 4. The molecule has 2 fully saturated rings. The Kier molecular flexibility index (Phi) is 8.92. The summed E-state index contributed by atoms with van der Waals surface area (Å²) in [6, 6.07) is 4.67. The number of aryl methyl sites for hydroxylation is 2. The van der Waals surface area contributed by atoms with Crippen molar-refractivity contribution in [3.8, 4) is 22.9 Å². The number of aliphatic hydroxyl groups is 1. The number of hydrogen-bond donors (Lipinski definition) is 2. The highest BCUT2D eigenvalue weighted by molar-refractivity contribution is 5.71. The van der Waals surface area contributed by atoms with Crippen molar-refractivity contribution < 1.29 is 19.3 Å². The molecule has 2 aromatic heterocycles. The minimum atomic E-state index is -0.268. The van der Waals surface area contributed by atoms with E-state index in [0.29, 0.717) is 37.3 Å². The van der Waals surface area contributed by atoms with Gasteiger partial charge in [0.05, 0.1) is 43.5 Å². The molecule has 0 radical (unpaired) electrons. The first-order chi connectivity index (χ1) is 19.0. The number of nitrogen functional groups attached to an aromatic ring is 1. The van der Waals surface area contributed by atoms with Gasteiger partial charge in [-0.1, -0.05) is 0 Å². The minimum Gasteiger partial charge on any atom is -0.433 e. The monoisotopic (exact) mass is 537 g/mol. The van der Waals surface area contributed by atoms with Crippen molar-refractivity contribution in [3.05, 3.63) is 41.9 Å². The number of benzene rings is 1. The lowest BCUT2D eigenvalue weighted by Crippen LogP contribution is -2.37. The molecule has 3 aromatic rings. The summed E-state index contributed by atoms with van der Waals surface area (Å²) in [5, 5.41) is 13.5. The predicted octanol–water partition coefficient (Wildman–Crippen LogP) is 3.03. The van der Waals surface area contributed by atoms with Gasteiger partial charge < -0.3 is 34.9 Å². The Balaban J connectivity index is 1.38. The second kappa shape index (κ2) is 12.7. The zero-order valence-electron chi connectivity index (χ0n) is 22.9. The van der Waals surface area contributed by atoms with Gasteiger partial charge in [0.2, 0.25) is 0 Å². The number of rotatable bonds is 10. The number of ether oxygens (including phenoxy) is 3. The summed E-state index contributed by atoms with van der Waals surface area (Å²) in [6.07, 6.45) is 9.03. The third kappa shape index (κ3) is 6.67. The zero-order chi connectivity index (χ0) is 27.2. The summed E-state index contributed by atoms with van der Waals surface area (Å²) in [7, 11) is 2.15. The van der Waals surface area contributed by atoms with Crippen molar-refractivity contribution >= 4 is 11.5 Å². The van der Waals surface area contributed by atoms with E-state index in [1.807, 2.05) is 10.9 Å². The molecule has 0 unspecified atom stereocenters. The van der Waals surface area contributed by atoms with Crippen LogP contribution in [0.1, 0.15) is 36.4 Å². The molecular formula is C28H39N7O4. The molecule has 11 heteroatoms. The molecular weight excluding hydrogens is 498 g/mol. The summed E-state index contributed by atoms with van der Waals surface area (Å²) in [6.45, 7) is 7.60. The van der Waals surface area contributed by atoms with Crippen LogP contribution < -0.4 is 15.4 Å². The minimum absolute atomic E-state index is 0.230.